The molecule has 0 aliphatic carbocycles. The van der Waals surface area contributed by atoms with Crippen molar-refractivity contribution in [1.29, 1.82) is 0 Å². The average molecular weight is 1210 g/mol. The van der Waals surface area contributed by atoms with Gasteiger partial charge in [-0.3, -0.25) is 32.5 Å². The van der Waals surface area contributed by atoms with Crippen molar-refractivity contribution in [2.24, 2.45) is 5.41 Å². The number of rotatable bonds is 41. The highest BCUT2D eigenvalue weighted by molar-refractivity contribution is 8.13. The fraction of sp³-hybridized carbons (Fsp3) is 0.608. The second kappa shape index (κ2) is 37.2. The maximum absolute atomic E-state index is 12.8. The molecule has 1 saturated heterocycles. The Balaban J connectivity index is 1.21. The van der Waals surface area contributed by atoms with Crippen LogP contribution in [0.2, 0.25) is 0 Å². The molecule has 11 N–H and O–H groups in total. The summed E-state index contributed by atoms with van der Waals surface area (Å²) >= 11 is 0.991. The molecule has 450 valence electrons. The van der Waals surface area contributed by atoms with Gasteiger partial charge in [-0.05, 0) is 57.8 Å². The van der Waals surface area contributed by atoms with E-state index < -0.39 is 90.7 Å². The first kappa shape index (κ1) is 70.2. The van der Waals surface area contributed by atoms with Gasteiger partial charge in [0.2, 0.25) is 11.8 Å². The molecule has 3 rings (SSSR count). The van der Waals surface area contributed by atoms with Crippen LogP contribution in [0.1, 0.15) is 130 Å². The molecule has 2 amide bonds. The second-order valence-electron chi connectivity index (χ2n) is 19.3. The topological polar surface area (TPSA) is 384 Å². The lowest BCUT2D eigenvalue weighted by atomic mass is 9.87. The van der Waals surface area contributed by atoms with Gasteiger partial charge >= 0.3 is 23.5 Å². The van der Waals surface area contributed by atoms with Crippen molar-refractivity contribution in [1.82, 2.24) is 30.2 Å². The van der Waals surface area contributed by atoms with Gasteiger partial charge in [-0.2, -0.15) is 4.31 Å². The predicted octanol–water partition coefficient (Wildman–Crippen LogP) is 7.23. The number of unbranched alkanes of at least 4 members (excludes halogenated alkanes) is 6. The van der Waals surface area contributed by atoms with E-state index in [9.17, 15) is 63.0 Å². The summed E-state index contributed by atoms with van der Waals surface area (Å²) in [7, 11) is -16.5. The molecule has 0 spiro atoms. The first-order chi connectivity index (χ1) is 37.9. The molecule has 0 radical (unpaired) electrons. The second-order valence-corrected chi connectivity index (χ2v) is 24.6. The normalized spacial score (nSPS) is 19.8. The van der Waals surface area contributed by atoms with Crippen molar-refractivity contribution >= 4 is 69.1 Å². The molecule has 8 unspecified atom stereocenters. The Kier molecular flexibility index (Phi) is 32.7. The van der Waals surface area contributed by atoms with Crippen LogP contribution < -0.4 is 16.4 Å². The highest BCUT2D eigenvalue weighted by atomic mass is 32.2. The number of imidazole rings is 1. The summed E-state index contributed by atoms with van der Waals surface area (Å²) in [6, 6.07) is 0. The van der Waals surface area contributed by atoms with Gasteiger partial charge in [0, 0.05) is 37.1 Å². The molecule has 1 aliphatic heterocycles. The summed E-state index contributed by atoms with van der Waals surface area (Å²) in [5, 5.41) is 36.8. The lowest BCUT2D eigenvalue weighted by Crippen LogP contribution is -2.46. The van der Waals surface area contributed by atoms with E-state index in [1.807, 2.05) is 0 Å². The molecule has 80 heavy (non-hydrogen) atoms. The molecule has 3 heterocycles. The molecular weight excluding hydrogens is 1120 g/mol. The number of aromatic nitrogens is 4. The number of aliphatic hydroxyl groups is 3. The summed E-state index contributed by atoms with van der Waals surface area (Å²) in [5.74, 6) is -1.24. The summed E-state index contributed by atoms with van der Waals surface area (Å²) in [6.45, 7) is 2.51. The maximum Gasteiger partial charge on any atom is 0.481 e. The van der Waals surface area contributed by atoms with Crippen molar-refractivity contribution in [2.45, 2.75) is 160 Å². The van der Waals surface area contributed by atoms with Crippen LogP contribution in [0.25, 0.3) is 11.2 Å². The van der Waals surface area contributed by atoms with Crippen LogP contribution in [0.3, 0.4) is 0 Å². The molecule has 0 bridgehead atoms. The number of hydrogen-bond acceptors (Lipinski definition) is 19. The third kappa shape index (κ3) is 28.8. The molecule has 0 aromatic carbocycles. The number of ether oxygens (including phenoxy) is 1. The van der Waals surface area contributed by atoms with Crippen molar-refractivity contribution in [2.75, 3.05) is 37.8 Å². The van der Waals surface area contributed by atoms with Crippen LogP contribution in [0.15, 0.2) is 85.6 Å². The molecule has 2 aromatic heterocycles. The van der Waals surface area contributed by atoms with Gasteiger partial charge in [-0.1, -0.05) is 138 Å². The number of phosphoric ester groups is 3. The average Bonchev–Trinajstić information content (AvgIpc) is 3.95. The Morgan fingerprint density at radius 3 is 1.99 bits per heavy atom. The molecule has 29 heteroatoms. The fourth-order valence-electron chi connectivity index (χ4n) is 7.64. The quantitative estimate of drug-likeness (QED) is 0.0178. The molecule has 1 fully saturated rings. The van der Waals surface area contributed by atoms with Crippen LogP contribution >= 0.6 is 35.2 Å². The van der Waals surface area contributed by atoms with Crippen LogP contribution in [0, 0.1) is 5.41 Å². The third-order valence-electron chi connectivity index (χ3n) is 11.9. The van der Waals surface area contributed by atoms with E-state index in [0.717, 1.165) is 112 Å². The lowest BCUT2D eigenvalue weighted by Gasteiger charge is -2.30. The number of anilines is 1. The number of nitrogens with two attached hydrogens (primary N) is 1. The first-order valence-electron chi connectivity index (χ1n) is 26.6. The van der Waals surface area contributed by atoms with Gasteiger partial charge in [0.05, 0.1) is 25.6 Å². The van der Waals surface area contributed by atoms with Gasteiger partial charge in [-0.25, -0.2) is 28.6 Å². The van der Waals surface area contributed by atoms with Crippen LogP contribution in [-0.2, 0) is 50.7 Å². The van der Waals surface area contributed by atoms with Crippen LogP contribution in [0.4, 0.5) is 5.82 Å². The zero-order chi connectivity index (χ0) is 59.0. The van der Waals surface area contributed by atoms with Crippen molar-refractivity contribution in [3.63, 3.8) is 0 Å². The zero-order valence-electron chi connectivity index (χ0n) is 45.6. The summed E-state index contributed by atoms with van der Waals surface area (Å²) < 4.78 is 62.6. The summed E-state index contributed by atoms with van der Waals surface area (Å²) in [6.07, 6.45) is 32.4. The number of phosphoric acid groups is 3. The number of nitrogens with one attached hydrogen (secondary N) is 2. The van der Waals surface area contributed by atoms with E-state index in [1.54, 1.807) is 0 Å². The van der Waals surface area contributed by atoms with E-state index in [2.05, 4.69) is 114 Å². The Bertz CT molecular complexity index is 2540. The van der Waals surface area contributed by atoms with Crippen LogP contribution in [0.5, 0.6) is 0 Å². The monoisotopic (exact) mass is 1210 g/mol. The third-order valence-corrected chi connectivity index (χ3v) is 15.9. The smallest absolute Gasteiger partial charge is 0.393 e. The Hall–Kier alpha value is -4.04. The van der Waals surface area contributed by atoms with E-state index in [0.29, 0.717) is 6.42 Å². The van der Waals surface area contributed by atoms with Gasteiger partial charge in [-0.15, -0.1) is 0 Å². The Morgan fingerprint density at radius 1 is 0.800 bits per heavy atom. The fourth-order valence-corrected chi connectivity index (χ4v) is 11.2. The number of fused-ring (bicyclic) bond motifs is 1. The van der Waals surface area contributed by atoms with E-state index in [-0.39, 0.29) is 53.8 Å². The molecule has 2 aromatic rings. The van der Waals surface area contributed by atoms with Crippen LogP contribution in [-0.4, -0.2) is 134 Å². The SMILES string of the molecule is CCC=CCC=CCC=CCC=CCC=CCC=CCCCCCCCCC(O)CC(=O)SCCNC(=O)CCNC(=O)C(O)C(C)(C)COP(=O)(O)OP(=O)(O)OCC1OC(n2cnc3c(N)ncnc32)C(O)C1OP(=O)(O)O. The number of nitrogens with zero attached hydrogens (tertiary/aromatic N) is 4. The number of thioether (sulfide) groups is 1. The van der Waals surface area contributed by atoms with E-state index >= 15 is 0 Å². The Labute approximate surface area is 472 Å². The van der Waals surface area contributed by atoms with Gasteiger partial charge < -0.3 is 56.0 Å². The number of allylic oxidation sites excluding steroid dienone is 12. The van der Waals surface area contributed by atoms with Gasteiger partial charge in [0.25, 0.3) is 0 Å². The lowest BCUT2D eigenvalue weighted by molar-refractivity contribution is -0.137. The minimum absolute atomic E-state index is 0.00640. The molecular formula is C51H82N7O18P3S. The summed E-state index contributed by atoms with van der Waals surface area (Å²) in [5.41, 5.74) is 4.25. The number of carbonyl (C=O) groups is 3. The first-order valence-corrected chi connectivity index (χ1v) is 32.1. The number of aliphatic hydroxyl groups excluding tert-OH is 3. The molecule has 0 saturated carbocycles. The molecule has 8 atom stereocenters. The Morgan fingerprint density at radius 2 is 1.38 bits per heavy atom. The van der Waals surface area contributed by atoms with Crippen molar-refractivity contribution < 1.29 is 85.6 Å². The minimum atomic E-state index is -5.60. The number of amides is 2. The van der Waals surface area contributed by atoms with Crippen molar-refractivity contribution in [3.8, 4) is 0 Å². The zero-order valence-corrected chi connectivity index (χ0v) is 49.1. The van der Waals surface area contributed by atoms with Gasteiger partial charge in [0.15, 0.2) is 22.8 Å². The maximum atomic E-state index is 12.8. The van der Waals surface area contributed by atoms with Gasteiger partial charge in [0.1, 0.15) is 36.3 Å². The highest BCUT2D eigenvalue weighted by Gasteiger charge is 2.50. The predicted molar refractivity (Wildman–Crippen MR) is 303 cm³/mol. The highest BCUT2D eigenvalue weighted by Crippen LogP contribution is 2.61. The molecule has 1 aliphatic rings. The minimum Gasteiger partial charge on any atom is -0.393 e. The largest absolute Gasteiger partial charge is 0.481 e. The van der Waals surface area contributed by atoms with E-state index in [1.165, 1.54) is 13.8 Å². The standard InChI is InChI=1S/C51H82N7O18P3S/c1-4-5-6-7-8-9-10-11-12-13-14-15-16-17-18-19-20-21-22-23-24-25-26-27-28-29-39(59)34-42(61)80-33-32-53-41(60)30-31-54-49(64)46(63)51(2,3)36-73-79(70,71)76-78(68,69)72-35-40-45(75-77(65,66)67)44(62)50(74-40)58-38-57-43-47(52)55-37-56-48(43)58/h5-6,8-9,11-12,14-15,17-18,20-21,37-40,44-46,50,59,62-63H,4,7,10,13,16,19,22-36H2,1-3H3,(H,53,60)(H,54,64)(H,68,69)(H,70,71)(H2,52,55,56)(H2,65,66,67). The number of carbonyl (C=O) groups excluding carboxylic acids is 3. The summed E-state index contributed by atoms with van der Waals surface area (Å²) in [4.78, 5) is 88.7. The van der Waals surface area contributed by atoms with Crippen molar-refractivity contribution in [3.05, 3.63) is 85.6 Å². The number of nitrogen functional groups attached to an aromatic ring is 1. The molecule has 25 nitrogen and oxygen atoms in total. The van der Waals surface area contributed by atoms with E-state index in [4.69, 9.17) is 19.5 Å². The number of hydrogen-bond donors (Lipinski definition) is 10.